The quantitative estimate of drug-likeness (QED) is 0.680. The molecule has 5 nitrogen and oxygen atoms in total. The van der Waals surface area contributed by atoms with Crippen LogP contribution in [0.1, 0.15) is 24.8 Å². The highest BCUT2D eigenvalue weighted by atomic mass is 35.5. The summed E-state index contributed by atoms with van der Waals surface area (Å²) in [6, 6.07) is 8.19. The number of nitrogens with one attached hydrogen (secondary N) is 1. The normalized spacial score (nSPS) is 19.7. The number of carbonyl (C=O) groups is 1. The zero-order chi connectivity index (χ0) is 16.2. The molecule has 1 aliphatic carbocycles. The molecule has 0 aromatic heterocycles. The third-order valence-electron chi connectivity index (χ3n) is 4.56. The van der Waals surface area contributed by atoms with Gasteiger partial charge in [-0.05, 0) is 37.0 Å². The van der Waals surface area contributed by atoms with E-state index in [9.17, 15) is 4.79 Å². The molecule has 0 atom stereocenters. The van der Waals surface area contributed by atoms with Crippen molar-refractivity contribution in [3.05, 3.63) is 34.9 Å². The van der Waals surface area contributed by atoms with E-state index < -0.39 is 0 Å². The summed E-state index contributed by atoms with van der Waals surface area (Å²) in [5, 5.41) is 4.17. The van der Waals surface area contributed by atoms with Crippen molar-refractivity contribution in [2.75, 3.05) is 26.7 Å². The van der Waals surface area contributed by atoms with E-state index in [-0.39, 0.29) is 5.91 Å². The predicted octanol–water partition coefficient (Wildman–Crippen LogP) is 2.11. The molecule has 1 aromatic rings. The fourth-order valence-electron chi connectivity index (χ4n) is 2.90. The van der Waals surface area contributed by atoms with Crippen molar-refractivity contribution in [2.45, 2.75) is 31.8 Å². The molecule has 124 valence electrons. The second-order valence-electron chi connectivity index (χ2n) is 6.18. The Balaban J connectivity index is 1.56. The Morgan fingerprint density at radius 1 is 1.30 bits per heavy atom. The summed E-state index contributed by atoms with van der Waals surface area (Å²) >= 11 is 5.90. The number of guanidine groups is 1. The fraction of sp³-hybridized carbons (Fsp3) is 0.529. The number of amides is 1. The molecule has 1 amide bonds. The summed E-state index contributed by atoms with van der Waals surface area (Å²) in [6.45, 7) is 2.55. The molecule has 1 aliphatic heterocycles. The van der Waals surface area contributed by atoms with Gasteiger partial charge in [-0.3, -0.25) is 9.79 Å². The second-order valence-corrected chi connectivity index (χ2v) is 6.62. The molecule has 3 rings (SSSR count). The van der Waals surface area contributed by atoms with Gasteiger partial charge in [0.2, 0.25) is 5.91 Å². The summed E-state index contributed by atoms with van der Waals surface area (Å²) in [5.41, 5.74) is 1.10. The fourth-order valence-corrected chi connectivity index (χ4v) is 3.03. The van der Waals surface area contributed by atoms with Crippen molar-refractivity contribution in [2.24, 2.45) is 4.99 Å². The van der Waals surface area contributed by atoms with Gasteiger partial charge in [0.15, 0.2) is 5.96 Å². The Morgan fingerprint density at radius 2 is 2.04 bits per heavy atom. The maximum Gasteiger partial charge on any atom is 0.242 e. The lowest BCUT2D eigenvalue weighted by Crippen LogP contribution is -2.56. The zero-order valence-electron chi connectivity index (χ0n) is 13.5. The van der Waals surface area contributed by atoms with Crippen molar-refractivity contribution in [1.29, 1.82) is 0 Å². The van der Waals surface area contributed by atoms with E-state index >= 15 is 0 Å². The van der Waals surface area contributed by atoms with Crippen molar-refractivity contribution in [3.63, 3.8) is 0 Å². The maximum absolute atomic E-state index is 12.4. The monoisotopic (exact) mass is 334 g/mol. The number of halogens is 1. The SMILES string of the molecule is CN=C(NC1CCC1)N1CCN(Cc2ccc(Cl)cc2)C(=O)C1. The smallest absolute Gasteiger partial charge is 0.242 e. The van der Waals surface area contributed by atoms with Gasteiger partial charge in [0, 0.05) is 37.7 Å². The maximum atomic E-state index is 12.4. The second kappa shape index (κ2) is 7.21. The number of hydrogen-bond donors (Lipinski definition) is 1. The number of rotatable bonds is 3. The molecule has 1 heterocycles. The number of aliphatic imine (C=N–C) groups is 1. The predicted molar refractivity (Wildman–Crippen MR) is 92.6 cm³/mol. The van der Waals surface area contributed by atoms with E-state index in [0.717, 1.165) is 23.1 Å². The number of nitrogens with zero attached hydrogens (tertiary/aromatic N) is 3. The average molecular weight is 335 g/mol. The lowest BCUT2D eigenvalue weighted by Gasteiger charge is -2.38. The van der Waals surface area contributed by atoms with Crippen molar-refractivity contribution < 1.29 is 4.79 Å². The van der Waals surface area contributed by atoms with Gasteiger partial charge in [0.1, 0.15) is 0 Å². The molecule has 1 N–H and O–H groups in total. The summed E-state index contributed by atoms with van der Waals surface area (Å²) in [7, 11) is 1.78. The number of benzene rings is 1. The lowest BCUT2D eigenvalue weighted by atomic mass is 9.93. The van der Waals surface area contributed by atoms with Crippen molar-refractivity contribution >= 4 is 23.5 Å². The van der Waals surface area contributed by atoms with Crippen LogP contribution in [0.4, 0.5) is 0 Å². The summed E-state index contributed by atoms with van der Waals surface area (Å²) < 4.78 is 0. The Bertz CT molecular complexity index is 583. The van der Waals surface area contributed by atoms with Crippen LogP contribution in [0.5, 0.6) is 0 Å². The van der Waals surface area contributed by atoms with Crippen LogP contribution in [-0.4, -0.2) is 54.4 Å². The average Bonchev–Trinajstić information content (AvgIpc) is 2.51. The Morgan fingerprint density at radius 3 is 2.61 bits per heavy atom. The number of hydrogen-bond acceptors (Lipinski definition) is 2. The Hall–Kier alpha value is -1.75. The molecule has 2 aliphatic rings. The highest BCUT2D eigenvalue weighted by Gasteiger charge is 2.28. The summed E-state index contributed by atoms with van der Waals surface area (Å²) in [6.07, 6.45) is 3.68. The van der Waals surface area contributed by atoms with Crippen LogP contribution in [0.15, 0.2) is 29.3 Å². The molecule has 1 saturated heterocycles. The Kier molecular flexibility index (Phi) is 5.06. The van der Waals surface area contributed by atoms with Gasteiger partial charge < -0.3 is 15.1 Å². The third-order valence-corrected chi connectivity index (χ3v) is 4.81. The van der Waals surface area contributed by atoms with Crippen LogP contribution < -0.4 is 5.32 Å². The van der Waals surface area contributed by atoms with Crippen LogP contribution in [-0.2, 0) is 11.3 Å². The van der Waals surface area contributed by atoms with E-state index in [4.69, 9.17) is 11.6 Å². The topological polar surface area (TPSA) is 47.9 Å². The van der Waals surface area contributed by atoms with Gasteiger partial charge in [-0.25, -0.2) is 0 Å². The minimum Gasteiger partial charge on any atom is -0.354 e. The minimum atomic E-state index is 0.141. The molecule has 0 spiro atoms. The molecule has 2 fully saturated rings. The molecule has 1 aromatic carbocycles. The molecule has 1 saturated carbocycles. The lowest BCUT2D eigenvalue weighted by molar-refractivity contribution is -0.135. The van der Waals surface area contributed by atoms with E-state index in [2.05, 4.69) is 15.2 Å². The minimum absolute atomic E-state index is 0.141. The molecule has 23 heavy (non-hydrogen) atoms. The third kappa shape index (κ3) is 3.96. The highest BCUT2D eigenvalue weighted by Crippen LogP contribution is 2.19. The van der Waals surface area contributed by atoms with Crippen LogP contribution in [0.3, 0.4) is 0 Å². The van der Waals surface area contributed by atoms with E-state index in [1.807, 2.05) is 29.2 Å². The van der Waals surface area contributed by atoms with Crippen LogP contribution in [0.25, 0.3) is 0 Å². The summed E-state index contributed by atoms with van der Waals surface area (Å²) in [4.78, 5) is 20.7. The van der Waals surface area contributed by atoms with Gasteiger partial charge in [0.05, 0.1) is 6.54 Å². The van der Waals surface area contributed by atoms with E-state index in [1.165, 1.54) is 19.3 Å². The van der Waals surface area contributed by atoms with Crippen LogP contribution in [0, 0.1) is 0 Å². The van der Waals surface area contributed by atoms with E-state index in [1.54, 1.807) is 7.05 Å². The molecular weight excluding hydrogens is 312 g/mol. The van der Waals surface area contributed by atoms with Crippen molar-refractivity contribution in [1.82, 2.24) is 15.1 Å². The standard InChI is InChI=1S/C17H23ClN4O/c1-19-17(20-15-3-2-4-15)22-10-9-21(16(23)12-22)11-13-5-7-14(18)8-6-13/h5-8,15H,2-4,9-12H2,1H3,(H,19,20). The molecule has 0 radical (unpaired) electrons. The molecule has 0 unspecified atom stereocenters. The van der Waals surface area contributed by atoms with Gasteiger partial charge >= 0.3 is 0 Å². The molecule has 6 heteroatoms. The van der Waals surface area contributed by atoms with Crippen molar-refractivity contribution in [3.8, 4) is 0 Å². The molecular formula is C17H23ClN4O. The first-order valence-electron chi connectivity index (χ1n) is 8.16. The zero-order valence-corrected chi connectivity index (χ0v) is 14.2. The van der Waals surface area contributed by atoms with Gasteiger partial charge in [0.25, 0.3) is 0 Å². The number of carbonyl (C=O) groups excluding carboxylic acids is 1. The summed E-state index contributed by atoms with van der Waals surface area (Å²) in [5.74, 6) is 0.997. The van der Waals surface area contributed by atoms with Gasteiger partial charge in [-0.1, -0.05) is 23.7 Å². The first-order valence-corrected chi connectivity index (χ1v) is 8.54. The number of piperazine rings is 1. The largest absolute Gasteiger partial charge is 0.354 e. The first kappa shape index (κ1) is 16.1. The first-order chi connectivity index (χ1) is 11.2. The van der Waals surface area contributed by atoms with Crippen LogP contribution >= 0.6 is 11.6 Å². The Labute approximate surface area is 142 Å². The van der Waals surface area contributed by atoms with Gasteiger partial charge in [-0.2, -0.15) is 0 Å². The molecule has 0 bridgehead atoms. The van der Waals surface area contributed by atoms with E-state index in [0.29, 0.717) is 25.7 Å². The van der Waals surface area contributed by atoms with Gasteiger partial charge in [-0.15, -0.1) is 0 Å². The highest BCUT2D eigenvalue weighted by molar-refractivity contribution is 6.30. The van der Waals surface area contributed by atoms with Crippen LogP contribution in [0.2, 0.25) is 5.02 Å².